The third-order valence-electron chi connectivity index (χ3n) is 20.8. The van der Waals surface area contributed by atoms with Crippen molar-refractivity contribution >= 4 is 148 Å². The van der Waals surface area contributed by atoms with E-state index in [1.165, 1.54) is 138 Å². The van der Waals surface area contributed by atoms with Gasteiger partial charge in [-0.15, -0.1) is 0 Å². The van der Waals surface area contributed by atoms with Crippen molar-refractivity contribution < 1.29 is 143 Å². The summed E-state index contributed by atoms with van der Waals surface area (Å²) in [6, 6.07) is 31.6. The molecule has 145 heavy (non-hydrogen) atoms. The molecular formula is C100H83F15I5N9O16. The average molecular weight is 2590 g/mol. The van der Waals surface area contributed by atoms with E-state index >= 15 is 0 Å². The number of carbonyl (C=O) groups is 6. The maximum Gasteiger partial charge on any atom is 0.338 e. The predicted octanol–water partition coefficient (Wildman–Crippen LogP) is 20.5. The molecular weight excluding hydrogens is 2500 g/mol. The highest BCUT2D eigenvalue weighted by Crippen LogP contribution is 2.33. The van der Waals surface area contributed by atoms with E-state index < -0.39 is 148 Å². The van der Waals surface area contributed by atoms with Crippen LogP contribution in [0.15, 0.2) is 227 Å². The molecule has 45 heteroatoms. The van der Waals surface area contributed by atoms with Gasteiger partial charge in [-0.25, -0.2) is 101 Å². The van der Waals surface area contributed by atoms with Crippen molar-refractivity contribution in [3.8, 4) is 0 Å². The SMILES string of the molecule is CC1(C)OC[C@H](COCC(=O)c2ccc(F)c(F)c2Cc2ccc(I)cc2F)O1.CC1(C)OC[C@H](CON)O1.O=C(COC[C@H](O)CO)c1ccc(F)c(F)c1Cc1ccc(I)cc1F.O=C(O)c1ccc(F)c(F)c1Cc1ccc(I)cc1F.O=C(c1ccc(F)c(F)c1Cc1ccc(I)cc1F)n1ccnc1.O=C(c1ccc(F)c(F)c1Cc1ccc(I)cc1F)n1ccnc1.O=C(n1ccnc1)n1ccnc1. The van der Waals surface area contributed by atoms with Gasteiger partial charge in [0.1, 0.15) is 85.9 Å². The number of aromatic nitrogens is 8. The average Bonchev–Trinajstić information content (AvgIpc) is 1.49. The van der Waals surface area contributed by atoms with E-state index in [1.54, 1.807) is 69.0 Å². The molecule has 3 atom stereocenters. The number of nitrogens with two attached hydrogens (primary N) is 1. The van der Waals surface area contributed by atoms with Crippen molar-refractivity contribution in [2.24, 2.45) is 5.90 Å². The molecule has 14 aromatic rings. The lowest BCUT2D eigenvalue weighted by atomic mass is 9.96. The Kier molecular flexibility index (Phi) is 43.7. The number of hydrogen-bond donors (Lipinski definition) is 4. The van der Waals surface area contributed by atoms with Gasteiger partial charge >= 0.3 is 12.0 Å². The maximum atomic E-state index is 14.4. The quantitative estimate of drug-likeness (QED) is 0.0169. The van der Waals surface area contributed by atoms with Gasteiger partial charge in [0, 0.05) is 150 Å². The van der Waals surface area contributed by atoms with Crippen LogP contribution in [0.5, 0.6) is 0 Å². The number of hydrogen-bond acceptors (Lipinski definition) is 20. The highest BCUT2D eigenvalue weighted by molar-refractivity contribution is 14.1. The number of carboxylic acid groups (broad SMARTS) is 1. The summed E-state index contributed by atoms with van der Waals surface area (Å²) in [5, 5.41) is 26.9. The summed E-state index contributed by atoms with van der Waals surface area (Å²) < 4.78 is 249. The minimum atomic E-state index is -1.38. The summed E-state index contributed by atoms with van der Waals surface area (Å²) in [7, 11) is 0. The molecule has 764 valence electrons. The van der Waals surface area contributed by atoms with Crippen LogP contribution in [0.4, 0.5) is 70.7 Å². The smallest absolute Gasteiger partial charge is 0.338 e. The first-order valence-corrected chi connectivity index (χ1v) is 48.0. The van der Waals surface area contributed by atoms with E-state index in [4.69, 9.17) is 44.5 Å². The van der Waals surface area contributed by atoms with Gasteiger partial charge in [-0.2, -0.15) is 0 Å². The van der Waals surface area contributed by atoms with Gasteiger partial charge in [-0.1, -0.05) is 30.3 Å². The molecule has 16 rings (SSSR count). The van der Waals surface area contributed by atoms with Gasteiger partial charge in [-0.05, 0) is 290 Å². The molecule has 6 heterocycles. The number of carboxylic acids is 1. The van der Waals surface area contributed by atoms with Crippen molar-refractivity contribution in [1.82, 2.24) is 38.2 Å². The fourth-order valence-corrected chi connectivity index (χ4v) is 16.0. The summed E-state index contributed by atoms with van der Waals surface area (Å²) in [4.78, 5) is 91.7. The lowest BCUT2D eigenvalue weighted by Crippen LogP contribution is -2.25. The molecule has 4 aromatic heterocycles. The second kappa shape index (κ2) is 54.7. The molecule has 0 spiro atoms. The number of aliphatic hydroxyl groups excluding tert-OH is 2. The highest BCUT2D eigenvalue weighted by Gasteiger charge is 2.35. The van der Waals surface area contributed by atoms with Gasteiger partial charge in [-0.3, -0.25) is 37.4 Å². The van der Waals surface area contributed by atoms with Gasteiger partial charge in [0.25, 0.3) is 11.8 Å². The minimum Gasteiger partial charge on any atom is -0.478 e. The Morgan fingerprint density at radius 1 is 0.386 bits per heavy atom. The van der Waals surface area contributed by atoms with Crippen LogP contribution in [-0.4, -0.2) is 172 Å². The first-order valence-electron chi connectivity index (χ1n) is 42.6. The molecule has 2 fully saturated rings. The van der Waals surface area contributed by atoms with Crippen LogP contribution in [0.3, 0.4) is 0 Å². The number of imidazole rings is 4. The van der Waals surface area contributed by atoms with E-state index in [1.807, 2.05) is 127 Å². The Labute approximate surface area is 885 Å². The molecule has 2 aliphatic heterocycles. The normalized spacial score (nSPS) is 13.8. The van der Waals surface area contributed by atoms with Crippen LogP contribution in [0.25, 0.3) is 0 Å². The van der Waals surface area contributed by atoms with Crippen molar-refractivity contribution in [2.75, 3.05) is 52.9 Å². The van der Waals surface area contributed by atoms with Gasteiger partial charge < -0.3 is 48.6 Å². The number of ketones is 2. The molecule has 0 bridgehead atoms. The highest BCUT2D eigenvalue weighted by atomic mass is 127. The van der Waals surface area contributed by atoms with Crippen molar-refractivity contribution in [3.05, 3.63) is 415 Å². The number of Topliss-reactive ketones (excluding diaryl/α,β-unsaturated/α-hetero) is 2. The first kappa shape index (κ1) is 116. The lowest BCUT2D eigenvalue weighted by molar-refractivity contribution is -0.145. The molecule has 5 N–H and O–H groups in total. The molecule has 0 radical (unpaired) electrons. The lowest BCUT2D eigenvalue weighted by Gasteiger charge is -2.17. The molecule has 0 amide bonds. The van der Waals surface area contributed by atoms with Crippen LogP contribution in [0.2, 0.25) is 0 Å². The van der Waals surface area contributed by atoms with Crippen LogP contribution in [0.1, 0.15) is 135 Å². The minimum absolute atomic E-state index is 0.0139. The van der Waals surface area contributed by atoms with Crippen LogP contribution < -0.4 is 5.90 Å². The molecule has 0 saturated carbocycles. The number of aromatic carboxylic acids is 1. The standard InChI is InChI=1S/C21H20F3IO4.C18H16F3IO4.2C17H10F3IN2O.C14H8F3IO2.C7H6N4O.C6H13NO3/c1-21(2)28-10-14(29-21)9-27-11-19(26)15-5-6-17(22)20(24)16(15)7-12-3-4-13(25)8-18(12)23;19-15-4-3-13(17(25)9-26-8-12(24)7-23)14(18(15)21)5-10-1-2-11(22)6-16(10)20;2*18-14-4-3-12(17(24)23-6-5-22-9-23)13(16(14)20)7-10-1-2-11(21)8-15(10)19;15-11-4-3-9(14(19)20)10(13(11)17)5-7-1-2-8(18)6-12(7)16;12-7(10-3-1-8-5-10)11-4-2-9-6-11;1-6(2)8-3-5(10-6)4-9-7/h3-6,8,14H,7,9-11H2,1-2H3;1-4,6,12,23-24H,5,7-9H2;2*1-6,8-9H,7H2;1-4,6H,5H2,(H,19,20);1-6H;5H,3-4,7H2,1-2H3/t14-;12-;;;;;5-/m01....1/s1. The zero-order valence-electron chi connectivity index (χ0n) is 76.1. The topological polar surface area (TPSA) is 325 Å². The zero-order valence-corrected chi connectivity index (χ0v) is 86.9. The van der Waals surface area contributed by atoms with E-state index in [2.05, 4.69) is 24.8 Å². The number of ether oxygens (including phenoxy) is 6. The maximum absolute atomic E-state index is 14.4. The number of halogens is 20. The fourth-order valence-electron chi connectivity index (χ4n) is 13.7. The fraction of sp³-hybridized carbons (Fsp3) is 0.220. The largest absolute Gasteiger partial charge is 0.478 e. The number of rotatable bonds is 26. The predicted molar refractivity (Wildman–Crippen MR) is 536 cm³/mol. The summed E-state index contributed by atoms with van der Waals surface area (Å²) >= 11 is 9.69. The summed E-state index contributed by atoms with van der Waals surface area (Å²) in [6.45, 7) is 7.04. The molecule has 25 nitrogen and oxygen atoms in total. The first-order chi connectivity index (χ1) is 68.8. The van der Waals surface area contributed by atoms with Gasteiger partial charge in [0.2, 0.25) is 0 Å². The van der Waals surface area contributed by atoms with Crippen molar-refractivity contribution in [1.29, 1.82) is 0 Å². The monoisotopic (exact) mass is 2590 g/mol. The van der Waals surface area contributed by atoms with E-state index in [-0.39, 0.29) is 154 Å². The van der Waals surface area contributed by atoms with Crippen LogP contribution in [-0.2, 0) is 65.4 Å². The van der Waals surface area contributed by atoms with Crippen LogP contribution >= 0.6 is 113 Å². The second-order valence-corrected chi connectivity index (χ2v) is 38.3. The Hall–Kier alpha value is -10.9. The summed E-state index contributed by atoms with van der Waals surface area (Å²) in [6.07, 6.45) is 14.5. The van der Waals surface area contributed by atoms with E-state index in [0.29, 0.717) is 37.7 Å². The van der Waals surface area contributed by atoms with Crippen LogP contribution in [0, 0.1) is 105 Å². The van der Waals surface area contributed by atoms with Gasteiger partial charge in [0.15, 0.2) is 81.3 Å². The number of carbonyl (C=O) groups excluding carboxylic acids is 5. The molecule has 0 unspecified atom stereocenters. The van der Waals surface area contributed by atoms with Crippen molar-refractivity contribution in [2.45, 2.75) is 89.7 Å². The molecule has 0 aliphatic carbocycles. The summed E-state index contributed by atoms with van der Waals surface area (Å²) in [5.74, 6) is -14.3. The van der Waals surface area contributed by atoms with Gasteiger partial charge in [0.05, 0.1) is 45.2 Å². The Morgan fingerprint density at radius 2 is 0.655 bits per heavy atom. The Balaban J connectivity index is 0.000000177. The number of aliphatic hydroxyl groups is 2. The zero-order chi connectivity index (χ0) is 106. The van der Waals surface area contributed by atoms with Crippen molar-refractivity contribution in [3.63, 3.8) is 0 Å². The number of nitrogens with zero attached hydrogens (tertiary/aromatic N) is 8. The third-order valence-corrected chi connectivity index (χ3v) is 24.2. The Bertz CT molecular complexity index is 6700. The molecule has 2 aliphatic rings. The number of benzene rings is 10. The molecule has 10 aromatic carbocycles. The molecule has 2 saturated heterocycles. The Morgan fingerprint density at radius 3 is 0.917 bits per heavy atom. The third kappa shape index (κ3) is 33.3. The second-order valence-electron chi connectivity index (χ2n) is 32.0. The van der Waals surface area contributed by atoms with E-state index in [9.17, 15) is 99.7 Å². The summed E-state index contributed by atoms with van der Waals surface area (Å²) in [5.41, 5.74) is -1.04. The van der Waals surface area contributed by atoms with E-state index in [0.717, 1.165) is 51.6 Å².